The normalized spacial score (nSPS) is 29.5. The van der Waals surface area contributed by atoms with E-state index in [9.17, 15) is 22.0 Å². The zero-order valence-electron chi connectivity index (χ0n) is 18.3. The Hall–Kier alpha value is -2.37. The Bertz CT molecular complexity index is 1050. The lowest BCUT2D eigenvalue weighted by Crippen LogP contribution is -2.41. The van der Waals surface area contributed by atoms with Gasteiger partial charge in [0.25, 0.3) is 0 Å². The molecule has 3 aliphatic rings. The number of nitrogens with zero attached hydrogens (tertiary/aromatic N) is 3. The van der Waals surface area contributed by atoms with Crippen LogP contribution < -0.4 is 10.6 Å². The summed E-state index contributed by atoms with van der Waals surface area (Å²) in [5, 5.41) is 7.81. The number of alkyl halides is 3. The van der Waals surface area contributed by atoms with Crippen LogP contribution in [0, 0.1) is 23.5 Å². The highest BCUT2D eigenvalue weighted by atomic mass is 19.4. The minimum atomic E-state index is -4.77. The maximum Gasteiger partial charge on any atom is 0.420 e. The van der Waals surface area contributed by atoms with Gasteiger partial charge in [-0.1, -0.05) is 0 Å². The summed E-state index contributed by atoms with van der Waals surface area (Å²) < 4.78 is 81.7. The molecule has 5 rings (SSSR count). The summed E-state index contributed by atoms with van der Waals surface area (Å²) in [4.78, 5) is 1.65. The highest BCUT2D eigenvalue weighted by Crippen LogP contribution is 2.47. The maximum atomic E-state index is 14.2. The van der Waals surface area contributed by atoms with Crippen molar-refractivity contribution in [2.45, 2.75) is 43.6 Å². The van der Waals surface area contributed by atoms with Gasteiger partial charge in [0.2, 0.25) is 0 Å². The van der Waals surface area contributed by atoms with E-state index in [2.05, 4.69) is 10.2 Å². The first kappa shape index (κ1) is 23.4. The first-order valence-corrected chi connectivity index (χ1v) is 11.3. The number of hydrogen-bond acceptors (Lipinski definition) is 6. The van der Waals surface area contributed by atoms with Crippen LogP contribution in [0.4, 0.5) is 27.8 Å². The molecule has 1 aromatic heterocycles. The van der Waals surface area contributed by atoms with Crippen LogP contribution in [0.1, 0.15) is 24.8 Å². The molecule has 0 bridgehead atoms. The summed E-state index contributed by atoms with van der Waals surface area (Å²) >= 11 is 0. The minimum Gasteiger partial charge on any atom is -0.376 e. The van der Waals surface area contributed by atoms with Crippen molar-refractivity contribution in [3.63, 3.8) is 0 Å². The molecule has 0 unspecified atom stereocenters. The SMILES string of the molecule is N[C@H]1C[C@@H]2CN(c3nnc(-c4cc(F)ccc4F)cc3C(F)(F)F)[C@@H](C[C@H]3COCCO3)[C@H]2C1. The molecule has 0 radical (unpaired) electrons. The number of benzene rings is 1. The van der Waals surface area contributed by atoms with Crippen molar-refractivity contribution in [2.75, 3.05) is 31.3 Å². The zero-order valence-corrected chi connectivity index (χ0v) is 18.3. The number of aromatic nitrogens is 2. The molecule has 2 aliphatic heterocycles. The summed E-state index contributed by atoms with van der Waals surface area (Å²) in [6.07, 6.45) is -3.10. The number of rotatable bonds is 4. The fraction of sp³-hybridized carbons (Fsp3) is 0.565. The molecule has 5 atom stereocenters. The molecule has 2 aromatic rings. The third kappa shape index (κ3) is 4.48. The fourth-order valence-electron chi connectivity index (χ4n) is 5.62. The molecule has 2 saturated heterocycles. The van der Waals surface area contributed by atoms with E-state index in [0.29, 0.717) is 39.2 Å². The topological polar surface area (TPSA) is 73.5 Å². The smallest absolute Gasteiger partial charge is 0.376 e. The molecule has 0 spiro atoms. The van der Waals surface area contributed by atoms with Gasteiger partial charge in [-0.25, -0.2) is 8.78 Å². The molecule has 3 fully saturated rings. The predicted octanol–water partition coefficient (Wildman–Crippen LogP) is 3.79. The van der Waals surface area contributed by atoms with E-state index in [1.807, 2.05) is 0 Å². The summed E-state index contributed by atoms with van der Waals surface area (Å²) in [6.45, 7) is 1.67. The Balaban J connectivity index is 1.53. The van der Waals surface area contributed by atoms with Gasteiger partial charge in [0.1, 0.15) is 17.2 Å². The van der Waals surface area contributed by atoms with Gasteiger partial charge < -0.3 is 20.1 Å². The lowest BCUT2D eigenvalue weighted by Gasteiger charge is -2.34. The lowest BCUT2D eigenvalue weighted by molar-refractivity contribution is -0.137. The van der Waals surface area contributed by atoms with E-state index in [4.69, 9.17) is 15.2 Å². The molecular formula is C23H25F5N4O2. The van der Waals surface area contributed by atoms with Gasteiger partial charge >= 0.3 is 6.18 Å². The van der Waals surface area contributed by atoms with Crippen molar-refractivity contribution in [3.8, 4) is 11.3 Å². The van der Waals surface area contributed by atoms with Crippen molar-refractivity contribution >= 4 is 5.82 Å². The third-order valence-corrected chi connectivity index (χ3v) is 7.06. The van der Waals surface area contributed by atoms with E-state index in [0.717, 1.165) is 30.7 Å². The fourth-order valence-corrected chi connectivity index (χ4v) is 5.62. The molecule has 6 nitrogen and oxygen atoms in total. The van der Waals surface area contributed by atoms with Gasteiger partial charge in [-0.15, -0.1) is 10.2 Å². The maximum absolute atomic E-state index is 14.2. The molecule has 3 heterocycles. The van der Waals surface area contributed by atoms with Crippen LogP contribution in [-0.4, -0.2) is 54.8 Å². The van der Waals surface area contributed by atoms with Gasteiger partial charge in [0, 0.05) is 24.2 Å². The standard InChI is InChI=1S/C23H25F5N4O2/c24-13-1-2-19(25)17(6-13)20-9-18(23(26,27)28)22(31-30-20)32-10-12-5-14(29)7-16(12)21(32)8-15-11-33-3-4-34-15/h1-2,6,9,12,14-16,21H,3-5,7-8,10-11,29H2/t12-,14+,15+,16+,21+/m1/s1. The largest absolute Gasteiger partial charge is 0.420 e. The van der Waals surface area contributed by atoms with Gasteiger partial charge in [0.05, 0.1) is 31.6 Å². The molecule has 1 saturated carbocycles. The Kier molecular flexibility index (Phi) is 6.19. The first-order chi connectivity index (χ1) is 16.2. The van der Waals surface area contributed by atoms with E-state index in [1.165, 1.54) is 0 Å². The Labute approximate surface area is 193 Å². The van der Waals surface area contributed by atoms with Crippen LogP contribution in [0.15, 0.2) is 24.3 Å². The van der Waals surface area contributed by atoms with E-state index < -0.39 is 23.4 Å². The molecule has 1 aromatic carbocycles. The van der Waals surface area contributed by atoms with Crippen LogP contribution in [-0.2, 0) is 15.7 Å². The summed E-state index contributed by atoms with van der Waals surface area (Å²) in [5.74, 6) is -1.74. The quantitative estimate of drug-likeness (QED) is 0.666. The lowest BCUT2D eigenvalue weighted by atomic mass is 9.90. The van der Waals surface area contributed by atoms with Crippen LogP contribution >= 0.6 is 0 Å². The molecule has 0 amide bonds. The number of anilines is 1. The van der Waals surface area contributed by atoms with Crippen LogP contribution in [0.25, 0.3) is 11.3 Å². The van der Waals surface area contributed by atoms with Crippen LogP contribution in [0.2, 0.25) is 0 Å². The van der Waals surface area contributed by atoms with Crippen molar-refractivity contribution in [2.24, 2.45) is 17.6 Å². The number of fused-ring (bicyclic) bond motifs is 1. The Morgan fingerprint density at radius 1 is 1.09 bits per heavy atom. The summed E-state index contributed by atoms with van der Waals surface area (Å²) in [7, 11) is 0. The highest BCUT2D eigenvalue weighted by molar-refractivity contribution is 5.64. The predicted molar refractivity (Wildman–Crippen MR) is 113 cm³/mol. The average Bonchev–Trinajstić information content (AvgIpc) is 3.32. The van der Waals surface area contributed by atoms with E-state index in [-0.39, 0.29) is 47.1 Å². The molecule has 2 N–H and O–H groups in total. The monoisotopic (exact) mass is 484 g/mol. The second kappa shape index (κ2) is 9.01. The van der Waals surface area contributed by atoms with Crippen LogP contribution in [0.5, 0.6) is 0 Å². The van der Waals surface area contributed by atoms with E-state index >= 15 is 0 Å². The summed E-state index contributed by atoms with van der Waals surface area (Å²) in [6, 6.07) is 3.02. The van der Waals surface area contributed by atoms with Crippen molar-refractivity contribution in [3.05, 3.63) is 41.5 Å². The van der Waals surface area contributed by atoms with Gasteiger partial charge in [0.15, 0.2) is 5.82 Å². The zero-order chi connectivity index (χ0) is 24.0. The Morgan fingerprint density at radius 3 is 2.65 bits per heavy atom. The molecule has 11 heteroatoms. The van der Waals surface area contributed by atoms with Crippen molar-refractivity contribution < 1.29 is 31.4 Å². The minimum absolute atomic E-state index is 0.00896. The van der Waals surface area contributed by atoms with Gasteiger partial charge in [-0.2, -0.15) is 13.2 Å². The van der Waals surface area contributed by atoms with E-state index in [1.54, 1.807) is 4.90 Å². The van der Waals surface area contributed by atoms with Gasteiger partial charge in [-0.05, 0) is 55.4 Å². The number of ether oxygens (including phenoxy) is 2. The van der Waals surface area contributed by atoms with Crippen LogP contribution in [0.3, 0.4) is 0 Å². The second-order valence-corrected chi connectivity index (χ2v) is 9.27. The van der Waals surface area contributed by atoms with Gasteiger partial charge in [-0.3, -0.25) is 0 Å². The molecule has 1 aliphatic carbocycles. The highest BCUT2D eigenvalue weighted by Gasteiger charge is 2.50. The summed E-state index contributed by atoms with van der Waals surface area (Å²) in [5.41, 5.74) is 4.38. The second-order valence-electron chi connectivity index (χ2n) is 9.27. The average molecular weight is 484 g/mol. The van der Waals surface area contributed by atoms with Crippen molar-refractivity contribution in [1.82, 2.24) is 10.2 Å². The Morgan fingerprint density at radius 2 is 1.91 bits per heavy atom. The number of hydrogen-bond donors (Lipinski definition) is 1. The third-order valence-electron chi connectivity index (χ3n) is 7.06. The molecular weight excluding hydrogens is 459 g/mol. The molecule has 34 heavy (non-hydrogen) atoms. The number of halogens is 5. The number of nitrogens with two attached hydrogens (primary N) is 1. The first-order valence-electron chi connectivity index (χ1n) is 11.3. The van der Waals surface area contributed by atoms with Crippen molar-refractivity contribution in [1.29, 1.82) is 0 Å². The molecule has 184 valence electrons.